The van der Waals surface area contributed by atoms with E-state index < -0.39 is 0 Å². The topological polar surface area (TPSA) is 97.5 Å². The van der Waals surface area contributed by atoms with Crippen LogP contribution in [0.1, 0.15) is 41.4 Å². The number of hydrogen-bond donors (Lipinski definition) is 1. The fourth-order valence-electron chi connectivity index (χ4n) is 4.29. The molecule has 0 aliphatic carbocycles. The molecule has 33 heavy (non-hydrogen) atoms. The van der Waals surface area contributed by atoms with Gasteiger partial charge in [0.1, 0.15) is 0 Å². The Morgan fingerprint density at radius 2 is 2.03 bits per heavy atom. The molecule has 4 heterocycles. The van der Waals surface area contributed by atoms with Crippen LogP contribution in [0.5, 0.6) is 5.88 Å². The van der Waals surface area contributed by atoms with Gasteiger partial charge in [-0.25, -0.2) is 4.68 Å². The van der Waals surface area contributed by atoms with Gasteiger partial charge in [0.2, 0.25) is 11.8 Å². The second-order valence-corrected chi connectivity index (χ2v) is 8.84. The van der Waals surface area contributed by atoms with Crippen LogP contribution in [-0.2, 0) is 7.05 Å². The summed E-state index contributed by atoms with van der Waals surface area (Å²) in [5.41, 5.74) is 5.37. The molecule has 170 valence electrons. The van der Waals surface area contributed by atoms with E-state index in [0.29, 0.717) is 47.0 Å². The number of amides is 1. The van der Waals surface area contributed by atoms with Crippen molar-refractivity contribution in [2.45, 2.75) is 33.6 Å². The van der Waals surface area contributed by atoms with Gasteiger partial charge in [0.15, 0.2) is 5.69 Å². The quantitative estimate of drug-likeness (QED) is 0.563. The van der Waals surface area contributed by atoms with E-state index in [1.54, 1.807) is 23.9 Å². The average Bonchev–Trinajstić information content (AvgIpc) is 3.30. The van der Waals surface area contributed by atoms with Gasteiger partial charge in [0.05, 0.1) is 23.7 Å². The molecule has 3 aromatic rings. The number of aromatic nitrogens is 4. The van der Waals surface area contributed by atoms with E-state index in [1.807, 2.05) is 13.0 Å². The highest BCUT2D eigenvalue weighted by Gasteiger charge is 2.28. The van der Waals surface area contributed by atoms with Gasteiger partial charge in [-0.15, -0.1) is 5.10 Å². The number of aryl methyl sites for hydroxylation is 3. The molecule has 0 fully saturated rings. The summed E-state index contributed by atoms with van der Waals surface area (Å²) in [4.78, 5) is 24.5. The number of pyridine rings is 1. The lowest BCUT2D eigenvalue weighted by Crippen LogP contribution is -2.35. The predicted molar refractivity (Wildman–Crippen MR) is 127 cm³/mol. The minimum absolute atomic E-state index is 0.340. The summed E-state index contributed by atoms with van der Waals surface area (Å²) in [7, 11) is 1.79. The largest absolute Gasteiger partial charge is 0.476 e. The number of rotatable bonds is 0. The molecule has 1 aromatic carbocycles. The molecule has 0 unspecified atom stereocenters. The maximum atomic E-state index is 13.3. The Labute approximate surface area is 192 Å². The smallest absolute Gasteiger partial charge is 0.280 e. The lowest BCUT2D eigenvalue weighted by Gasteiger charge is -2.23. The third-order valence-electron chi connectivity index (χ3n) is 5.95. The third-order valence-corrected chi connectivity index (χ3v) is 5.95. The van der Waals surface area contributed by atoms with E-state index in [1.165, 1.54) is 0 Å². The summed E-state index contributed by atoms with van der Waals surface area (Å²) in [6.45, 7) is 7.41. The van der Waals surface area contributed by atoms with Crippen molar-refractivity contribution in [3.05, 3.63) is 47.2 Å². The number of fused-ring (bicyclic) bond motifs is 7. The Hall–Kier alpha value is -3.75. The van der Waals surface area contributed by atoms with E-state index >= 15 is 0 Å². The average molecular weight is 446 g/mol. The summed E-state index contributed by atoms with van der Waals surface area (Å²) in [5.74, 6) is 1.12. The van der Waals surface area contributed by atoms with Crippen LogP contribution in [0.15, 0.2) is 35.3 Å². The number of nitrogens with one attached hydrogen (secondary N) is 1. The zero-order valence-corrected chi connectivity index (χ0v) is 19.3. The molecule has 2 bridgehead atoms. The van der Waals surface area contributed by atoms with E-state index in [9.17, 15) is 4.79 Å². The fraction of sp³-hybridized carbons (Fsp3) is 0.375. The van der Waals surface area contributed by atoms with Gasteiger partial charge in [0, 0.05) is 24.8 Å². The zero-order valence-electron chi connectivity index (χ0n) is 19.3. The van der Waals surface area contributed by atoms with Gasteiger partial charge in [-0.1, -0.05) is 18.2 Å². The number of aliphatic imine (C=N–C) groups is 1. The van der Waals surface area contributed by atoms with Crippen molar-refractivity contribution in [1.29, 1.82) is 0 Å². The number of hydrogen-bond acceptors (Lipinski definition) is 7. The second kappa shape index (κ2) is 8.31. The molecule has 9 nitrogen and oxygen atoms in total. The van der Waals surface area contributed by atoms with Crippen LogP contribution < -0.4 is 15.0 Å². The molecule has 0 saturated heterocycles. The van der Waals surface area contributed by atoms with E-state index in [2.05, 4.69) is 56.5 Å². The number of carbonyl (C=O) groups excluding carboxylic acids is 1. The summed E-state index contributed by atoms with van der Waals surface area (Å²) in [6.07, 6.45) is 1.84. The summed E-state index contributed by atoms with van der Waals surface area (Å²) in [6, 6.07) is 9.66. The van der Waals surface area contributed by atoms with Crippen LogP contribution in [0.3, 0.4) is 0 Å². The first-order valence-electron chi connectivity index (χ1n) is 11.2. The zero-order chi connectivity index (χ0) is 23.1. The van der Waals surface area contributed by atoms with Crippen molar-refractivity contribution >= 4 is 23.2 Å². The monoisotopic (exact) mass is 445 g/mol. The van der Waals surface area contributed by atoms with Gasteiger partial charge >= 0.3 is 0 Å². The molecule has 0 spiro atoms. The Kier molecular flexibility index (Phi) is 5.32. The molecule has 1 amide bonds. The van der Waals surface area contributed by atoms with Crippen LogP contribution in [0.25, 0.3) is 11.4 Å². The second-order valence-electron chi connectivity index (χ2n) is 8.84. The van der Waals surface area contributed by atoms with Gasteiger partial charge in [0.25, 0.3) is 5.91 Å². The van der Waals surface area contributed by atoms with E-state index in [-0.39, 0.29) is 5.91 Å². The SMILES string of the molecule is Cc1ccc2c(c1)N1C[C@H](C)CCCOc3c(nnn3C)-c3cc(cc(C)n3)C(=O)/N=C/1N2. The fourth-order valence-corrected chi connectivity index (χ4v) is 4.29. The third kappa shape index (κ3) is 4.06. The van der Waals surface area contributed by atoms with Crippen molar-refractivity contribution in [2.75, 3.05) is 23.4 Å². The molecular formula is C24H27N7O2. The lowest BCUT2D eigenvalue weighted by molar-refractivity contribution is 0.100. The minimum atomic E-state index is -0.340. The van der Waals surface area contributed by atoms with Crippen molar-refractivity contribution in [1.82, 2.24) is 20.0 Å². The Morgan fingerprint density at radius 1 is 1.18 bits per heavy atom. The maximum absolute atomic E-state index is 13.3. The van der Waals surface area contributed by atoms with Crippen LogP contribution in [-0.4, -0.2) is 45.0 Å². The summed E-state index contributed by atoms with van der Waals surface area (Å²) in [5, 5.41) is 11.7. The van der Waals surface area contributed by atoms with Crippen molar-refractivity contribution < 1.29 is 9.53 Å². The van der Waals surface area contributed by atoms with Gasteiger partial charge in [-0.05, 0) is 62.4 Å². The first-order chi connectivity index (χ1) is 15.9. The molecule has 0 saturated carbocycles. The molecule has 1 N–H and O–H groups in total. The molecule has 2 aliphatic rings. The van der Waals surface area contributed by atoms with Crippen LogP contribution in [0.4, 0.5) is 11.4 Å². The first kappa shape index (κ1) is 21.1. The van der Waals surface area contributed by atoms with E-state index in [4.69, 9.17) is 4.74 Å². The number of benzene rings is 1. The first-order valence-corrected chi connectivity index (χ1v) is 11.2. The lowest BCUT2D eigenvalue weighted by atomic mass is 10.0. The normalized spacial score (nSPS) is 19.8. The highest BCUT2D eigenvalue weighted by Crippen LogP contribution is 2.35. The number of guanidine groups is 1. The molecule has 0 radical (unpaired) electrons. The minimum Gasteiger partial charge on any atom is -0.476 e. The Balaban J connectivity index is 1.60. The standard InChI is InChI=1S/C24H27N7O2/c1-14-7-8-18-20(10-14)31-13-15(2)6-5-9-33-23-21(28-29-30(23)4)19-12-17(11-16(3)25-19)22(32)27-24(31)26-18/h7-8,10-12,15H,5-6,9,13H2,1-4H3,(H,26,27,32)/t15-/m1/s1. The summed E-state index contributed by atoms with van der Waals surface area (Å²) >= 11 is 0. The van der Waals surface area contributed by atoms with E-state index in [0.717, 1.165) is 36.3 Å². The van der Waals surface area contributed by atoms with Gasteiger partial charge in [-0.2, -0.15) is 4.99 Å². The number of carbonyl (C=O) groups is 1. The van der Waals surface area contributed by atoms with Crippen LogP contribution in [0, 0.1) is 19.8 Å². The highest BCUT2D eigenvalue weighted by molar-refractivity contribution is 6.19. The van der Waals surface area contributed by atoms with Crippen molar-refractivity contribution in [3.8, 4) is 17.3 Å². The predicted octanol–water partition coefficient (Wildman–Crippen LogP) is 3.73. The maximum Gasteiger partial charge on any atom is 0.280 e. The summed E-state index contributed by atoms with van der Waals surface area (Å²) < 4.78 is 7.66. The molecule has 5 rings (SSSR count). The molecule has 1 atom stereocenters. The van der Waals surface area contributed by atoms with Crippen molar-refractivity contribution in [3.63, 3.8) is 0 Å². The number of nitrogens with zero attached hydrogens (tertiary/aromatic N) is 6. The molecule has 2 aromatic heterocycles. The molecular weight excluding hydrogens is 418 g/mol. The molecule has 9 heteroatoms. The van der Waals surface area contributed by atoms with Gasteiger partial charge < -0.3 is 15.0 Å². The van der Waals surface area contributed by atoms with Gasteiger partial charge in [-0.3, -0.25) is 9.78 Å². The molecule has 2 aliphatic heterocycles. The van der Waals surface area contributed by atoms with Crippen LogP contribution in [0.2, 0.25) is 0 Å². The number of ether oxygens (including phenoxy) is 1. The highest BCUT2D eigenvalue weighted by atomic mass is 16.5. The van der Waals surface area contributed by atoms with Crippen LogP contribution >= 0.6 is 0 Å². The number of anilines is 2. The van der Waals surface area contributed by atoms with Crippen molar-refractivity contribution in [2.24, 2.45) is 18.0 Å². The Bertz CT molecular complexity index is 1260. The Morgan fingerprint density at radius 3 is 2.88 bits per heavy atom.